The van der Waals surface area contributed by atoms with E-state index in [0.717, 1.165) is 6.54 Å². The maximum Gasteiger partial charge on any atom is 0.0361 e. The van der Waals surface area contributed by atoms with Gasteiger partial charge in [-0.1, -0.05) is 26.0 Å². The molecule has 2 rings (SSSR count). The van der Waals surface area contributed by atoms with Gasteiger partial charge in [0.1, 0.15) is 0 Å². The minimum atomic E-state index is 0.561. The lowest BCUT2D eigenvalue weighted by Crippen LogP contribution is -2.35. The summed E-state index contributed by atoms with van der Waals surface area (Å²) in [6.07, 6.45) is 5.35. The lowest BCUT2D eigenvalue weighted by molar-refractivity contribution is 0.206. The van der Waals surface area contributed by atoms with Crippen molar-refractivity contribution < 1.29 is 0 Å². The molecule has 1 aromatic carbocycles. The molecular formula is C17H28N2. The second-order valence-corrected chi connectivity index (χ2v) is 6.88. The highest BCUT2D eigenvalue weighted by Gasteiger charge is 2.26. The van der Waals surface area contributed by atoms with Crippen LogP contribution in [0.5, 0.6) is 0 Å². The van der Waals surface area contributed by atoms with Crippen LogP contribution >= 0.6 is 0 Å². The Bertz CT molecular complexity index is 382. The highest BCUT2D eigenvalue weighted by Crippen LogP contribution is 2.35. The molecule has 1 fully saturated rings. The van der Waals surface area contributed by atoms with Gasteiger partial charge in [0, 0.05) is 32.4 Å². The molecule has 1 N–H and O–H groups in total. The van der Waals surface area contributed by atoms with Gasteiger partial charge in [-0.3, -0.25) is 0 Å². The van der Waals surface area contributed by atoms with Crippen molar-refractivity contribution in [2.75, 3.05) is 19.0 Å². The van der Waals surface area contributed by atoms with Crippen molar-refractivity contribution in [1.29, 1.82) is 0 Å². The zero-order valence-corrected chi connectivity index (χ0v) is 12.9. The Balaban J connectivity index is 1.79. The Morgan fingerprint density at radius 1 is 1.11 bits per heavy atom. The molecule has 0 saturated heterocycles. The van der Waals surface area contributed by atoms with Crippen LogP contribution < -0.4 is 10.2 Å². The van der Waals surface area contributed by atoms with Crippen LogP contribution in [0.15, 0.2) is 24.3 Å². The first-order valence-corrected chi connectivity index (χ1v) is 7.46. The van der Waals surface area contributed by atoms with Crippen LogP contribution in [-0.2, 0) is 6.54 Å². The molecule has 19 heavy (non-hydrogen) atoms. The van der Waals surface area contributed by atoms with Gasteiger partial charge >= 0.3 is 0 Å². The molecule has 0 aromatic heterocycles. The molecular weight excluding hydrogens is 232 g/mol. The molecule has 0 unspecified atom stereocenters. The molecule has 0 radical (unpaired) electrons. The van der Waals surface area contributed by atoms with Crippen LogP contribution in [0.1, 0.15) is 45.1 Å². The molecule has 2 heteroatoms. The van der Waals surface area contributed by atoms with Crippen molar-refractivity contribution in [3.8, 4) is 0 Å². The molecule has 1 saturated carbocycles. The van der Waals surface area contributed by atoms with Crippen LogP contribution in [0.2, 0.25) is 0 Å². The van der Waals surface area contributed by atoms with Crippen LogP contribution in [0.4, 0.5) is 5.69 Å². The first kappa shape index (κ1) is 14.4. The van der Waals surface area contributed by atoms with E-state index in [2.05, 4.69) is 62.4 Å². The number of hydrogen-bond donors (Lipinski definition) is 1. The minimum Gasteiger partial charge on any atom is -0.378 e. The molecule has 0 bridgehead atoms. The van der Waals surface area contributed by atoms with Gasteiger partial charge in [0.05, 0.1) is 0 Å². The third-order valence-corrected chi connectivity index (χ3v) is 4.39. The summed E-state index contributed by atoms with van der Waals surface area (Å²) in [5.41, 5.74) is 3.21. The van der Waals surface area contributed by atoms with Crippen LogP contribution in [0.3, 0.4) is 0 Å². The van der Waals surface area contributed by atoms with E-state index in [-0.39, 0.29) is 0 Å². The molecule has 0 spiro atoms. The molecule has 1 aromatic rings. The fourth-order valence-electron chi connectivity index (χ4n) is 2.78. The summed E-state index contributed by atoms with van der Waals surface area (Å²) in [6.45, 7) is 5.78. The second-order valence-electron chi connectivity index (χ2n) is 6.88. The summed E-state index contributed by atoms with van der Waals surface area (Å²) in [5.74, 6) is 0. The third-order valence-electron chi connectivity index (χ3n) is 4.39. The smallest absolute Gasteiger partial charge is 0.0361 e. The predicted molar refractivity (Wildman–Crippen MR) is 83.6 cm³/mol. The Hall–Kier alpha value is -1.02. The molecule has 0 aliphatic heterocycles. The SMILES string of the molecule is CN(C)c1ccc(CNC2CCC(C)(C)CC2)cc1. The largest absolute Gasteiger partial charge is 0.378 e. The average Bonchev–Trinajstić information content (AvgIpc) is 2.38. The second kappa shape index (κ2) is 5.96. The van der Waals surface area contributed by atoms with Crippen molar-refractivity contribution in [2.24, 2.45) is 5.41 Å². The summed E-state index contributed by atoms with van der Waals surface area (Å²) < 4.78 is 0. The maximum atomic E-state index is 3.71. The standard InChI is InChI=1S/C17H28N2/c1-17(2)11-9-15(10-12-17)18-13-14-5-7-16(8-6-14)19(3)4/h5-8,15,18H,9-13H2,1-4H3. The van der Waals surface area contributed by atoms with Gasteiger partial charge in [0.15, 0.2) is 0 Å². The van der Waals surface area contributed by atoms with Gasteiger partial charge in [0.2, 0.25) is 0 Å². The van der Waals surface area contributed by atoms with E-state index in [1.54, 1.807) is 0 Å². The molecule has 1 aliphatic rings. The van der Waals surface area contributed by atoms with Gasteiger partial charge < -0.3 is 10.2 Å². The zero-order chi connectivity index (χ0) is 13.9. The number of nitrogens with zero attached hydrogens (tertiary/aromatic N) is 1. The maximum absolute atomic E-state index is 3.71. The van der Waals surface area contributed by atoms with Crippen LogP contribution in [0, 0.1) is 5.41 Å². The van der Waals surface area contributed by atoms with E-state index in [1.807, 2.05) is 0 Å². The normalized spacial score (nSPS) is 19.4. The lowest BCUT2D eigenvalue weighted by Gasteiger charge is -2.34. The third kappa shape index (κ3) is 4.24. The van der Waals surface area contributed by atoms with Crippen molar-refractivity contribution in [2.45, 2.75) is 52.1 Å². The Labute approximate surface area is 118 Å². The molecule has 106 valence electrons. The Morgan fingerprint density at radius 3 is 2.21 bits per heavy atom. The van der Waals surface area contributed by atoms with E-state index in [4.69, 9.17) is 0 Å². The van der Waals surface area contributed by atoms with E-state index >= 15 is 0 Å². The summed E-state index contributed by atoms with van der Waals surface area (Å²) in [6, 6.07) is 9.56. The van der Waals surface area contributed by atoms with Crippen molar-refractivity contribution in [3.63, 3.8) is 0 Å². The number of nitrogens with one attached hydrogen (secondary N) is 1. The molecule has 0 amide bonds. The topological polar surface area (TPSA) is 15.3 Å². The highest BCUT2D eigenvalue weighted by atomic mass is 15.1. The van der Waals surface area contributed by atoms with Gasteiger partial charge in [-0.05, 0) is 48.8 Å². The summed E-state index contributed by atoms with van der Waals surface area (Å²) in [4.78, 5) is 2.14. The first-order chi connectivity index (χ1) is 8.96. The molecule has 0 atom stereocenters. The fraction of sp³-hybridized carbons (Fsp3) is 0.647. The van der Waals surface area contributed by atoms with Crippen molar-refractivity contribution in [3.05, 3.63) is 29.8 Å². The Kier molecular flexibility index (Phi) is 4.51. The monoisotopic (exact) mass is 260 g/mol. The lowest BCUT2D eigenvalue weighted by atomic mass is 9.75. The van der Waals surface area contributed by atoms with E-state index in [9.17, 15) is 0 Å². The number of anilines is 1. The van der Waals surface area contributed by atoms with Crippen LogP contribution in [0.25, 0.3) is 0 Å². The van der Waals surface area contributed by atoms with Gasteiger partial charge in [-0.15, -0.1) is 0 Å². The van der Waals surface area contributed by atoms with E-state index in [0.29, 0.717) is 11.5 Å². The van der Waals surface area contributed by atoms with Gasteiger partial charge in [0.25, 0.3) is 0 Å². The van der Waals surface area contributed by atoms with Gasteiger partial charge in [-0.2, -0.15) is 0 Å². The number of benzene rings is 1. The predicted octanol–water partition coefficient (Wildman–Crippen LogP) is 3.81. The van der Waals surface area contributed by atoms with Gasteiger partial charge in [-0.25, -0.2) is 0 Å². The molecule has 2 nitrogen and oxygen atoms in total. The zero-order valence-electron chi connectivity index (χ0n) is 12.9. The van der Waals surface area contributed by atoms with E-state index in [1.165, 1.54) is 36.9 Å². The summed E-state index contributed by atoms with van der Waals surface area (Å²) in [7, 11) is 4.16. The van der Waals surface area contributed by atoms with Crippen molar-refractivity contribution in [1.82, 2.24) is 5.32 Å². The summed E-state index contributed by atoms with van der Waals surface area (Å²) >= 11 is 0. The first-order valence-electron chi connectivity index (χ1n) is 7.46. The van der Waals surface area contributed by atoms with Crippen molar-refractivity contribution >= 4 is 5.69 Å². The fourth-order valence-corrected chi connectivity index (χ4v) is 2.78. The summed E-state index contributed by atoms with van der Waals surface area (Å²) in [5, 5.41) is 3.71. The van der Waals surface area contributed by atoms with Crippen LogP contribution in [-0.4, -0.2) is 20.1 Å². The minimum absolute atomic E-state index is 0.561. The number of hydrogen-bond acceptors (Lipinski definition) is 2. The molecule has 1 aliphatic carbocycles. The quantitative estimate of drug-likeness (QED) is 0.885. The number of rotatable bonds is 4. The van der Waals surface area contributed by atoms with E-state index < -0.39 is 0 Å². The molecule has 0 heterocycles. The Morgan fingerprint density at radius 2 is 1.68 bits per heavy atom. The average molecular weight is 260 g/mol. The highest BCUT2D eigenvalue weighted by molar-refractivity contribution is 5.45.